The number of nitrogens with zero attached hydrogens (tertiary/aromatic N) is 1. The zero-order valence-corrected chi connectivity index (χ0v) is 14.9. The third kappa shape index (κ3) is 4.18. The fourth-order valence-corrected chi connectivity index (χ4v) is 2.70. The minimum Gasteiger partial charge on any atom is -0.490 e. The molecule has 1 heterocycles. The lowest BCUT2D eigenvalue weighted by Crippen LogP contribution is -2.13. The van der Waals surface area contributed by atoms with Crippen LogP contribution in [0.15, 0.2) is 36.9 Å². The van der Waals surface area contributed by atoms with Crippen molar-refractivity contribution < 1.29 is 19.1 Å². The number of aromatic nitrogens is 1. The first-order chi connectivity index (χ1) is 12.0. The number of carbonyl (C=O) groups excluding carboxylic acids is 2. The highest BCUT2D eigenvalue weighted by atomic mass is 16.5. The summed E-state index contributed by atoms with van der Waals surface area (Å²) < 4.78 is 13.2. The van der Waals surface area contributed by atoms with Crippen LogP contribution in [0.3, 0.4) is 0 Å². The minimum absolute atomic E-state index is 0.0983. The van der Waals surface area contributed by atoms with Crippen molar-refractivity contribution in [3.8, 4) is 11.5 Å². The van der Waals surface area contributed by atoms with Crippen LogP contribution in [0, 0.1) is 13.8 Å². The van der Waals surface area contributed by atoms with Crippen LogP contribution in [0.1, 0.15) is 39.0 Å². The van der Waals surface area contributed by atoms with Gasteiger partial charge in [0.2, 0.25) is 5.78 Å². The van der Waals surface area contributed by atoms with Crippen molar-refractivity contribution in [3.63, 3.8) is 0 Å². The number of ketones is 1. The maximum absolute atomic E-state index is 12.5. The summed E-state index contributed by atoms with van der Waals surface area (Å²) in [5.41, 5.74) is 3.04. The van der Waals surface area contributed by atoms with Gasteiger partial charge in [-0.1, -0.05) is 6.08 Å². The molecule has 0 fully saturated rings. The molecule has 0 amide bonds. The number of aldehydes is 1. The number of ether oxygens (including phenoxy) is 2. The summed E-state index contributed by atoms with van der Waals surface area (Å²) in [6.07, 6.45) is 2.54. The Bertz CT molecular complexity index is 789. The average Bonchev–Trinajstić information content (AvgIpc) is 2.89. The number of rotatable bonds is 9. The molecule has 0 aliphatic heterocycles. The standard InChI is InChI=1S/C20H23NO4/c1-5-9-21-14(3)10-17(15(21)4)18(23)13-25-19-8-7-16(12-22)11-20(19)24-6-2/h5,7-8,10-12H,1,6,9,13H2,2-4H3. The van der Waals surface area contributed by atoms with E-state index < -0.39 is 0 Å². The molecule has 5 heteroatoms. The molecule has 1 aromatic carbocycles. The number of benzene rings is 1. The topological polar surface area (TPSA) is 57.5 Å². The van der Waals surface area contributed by atoms with E-state index >= 15 is 0 Å². The predicted molar refractivity (Wildman–Crippen MR) is 96.9 cm³/mol. The normalized spacial score (nSPS) is 10.4. The molecule has 0 aliphatic carbocycles. The van der Waals surface area contributed by atoms with E-state index in [1.54, 1.807) is 24.3 Å². The summed E-state index contributed by atoms with van der Waals surface area (Å²) in [4.78, 5) is 23.4. The summed E-state index contributed by atoms with van der Waals surface area (Å²) in [7, 11) is 0. The van der Waals surface area contributed by atoms with E-state index in [2.05, 4.69) is 6.58 Å². The third-order valence-electron chi connectivity index (χ3n) is 3.95. The Morgan fingerprint density at radius 2 is 1.96 bits per heavy atom. The largest absolute Gasteiger partial charge is 0.490 e. The molecule has 0 unspecified atom stereocenters. The molecular formula is C20H23NO4. The highest BCUT2D eigenvalue weighted by molar-refractivity contribution is 5.98. The monoisotopic (exact) mass is 341 g/mol. The van der Waals surface area contributed by atoms with Crippen LogP contribution in [-0.2, 0) is 6.54 Å². The lowest BCUT2D eigenvalue weighted by atomic mass is 10.1. The van der Waals surface area contributed by atoms with Gasteiger partial charge in [0.15, 0.2) is 18.1 Å². The van der Waals surface area contributed by atoms with Gasteiger partial charge >= 0.3 is 0 Å². The van der Waals surface area contributed by atoms with E-state index in [-0.39, 0.29) is 12.4 Å². The molecule has 2 aromatic rings. The van der Waals surface area contributed by atoms with Gasteiger partial charge in [0, 0.05) is 29.1 Å². The molecule has 2 rings (SSSR count). The first-order valence-corrected chi connectivity index (χ1v) is 8.17. The second-order valence-electron chi connectivity index (χ2n) is 5.65. The molecular weight excluding hydrogens is 318 g/mol. The molecule has 0 saturated heterocycles. The van der Waals surface area contributed by atoms with E-state index in [1.807, 2.05) is 31.4 Å². The summed E-state index contributed by atoms with van der Waals surface area (Å²) in [5, 5.41) is 0. The SMILES string of the molecule is C=CCn1c(C)cc(C(=O)COc2ccc(C=O)cc2OCC)c1C. The Labute approximate surface area is 147 Å². The van der Waals surface area contributed by atoms with Gasteiger partial charge in [-0.2, -0.15) is 0 Å². The Kier molecular flexibility index (Phi) is 6.17. The van der Waals surface area contributed by atoms with Gasteiger partial charge in [0.05, 0.1) is 6.61 Å². The number of allylic oxidation sites excluding steroid dienone is 1. The Balaban J connectivity index is 2.16. The molecule has 0 aliphatic rings. The molecule has 0 spiro atoms. The van der Waals surface area contributed by atoms with Crippen LogP contribution >= 0.6 is 0 Å². The number of hydrogen-bond donors (Lipinski definition) is 0. The predicted octanol–water partition coefficient (Wildman–Crippen LogP) is 3.76. The Morgan fingerprint density at radius 1 is 1.20 bits per heavy atom. The molecule has 0 radical (unpaired) electrons. The van der Waals surface area contributed by atoms with Crippen molar-refractivity contribution in [1.82, 2.24) is 4.57 Å². The summed E-state index contributed by atoms with van der Waals surface area (Å²) in [6, 6.07) is 6.74. The minimum atomic E-state index is -0.106. The fourth-order valence-electron chi connectivity index (χ4n) is 2.70. The van der Waals surface area contributed by atoms with Gasteiger partial charge in [-0.15, -0.1) is 6.58 Å². The summed E-state index contributed by atoms with van der Waals surface area (Å²) in [5.74, 6) is 0.794. The second-order valence-corrected chi connectivity index (χ2v) is 5.65. The van der Waals surface area contributed by atoms with Crippen molar-refractivity contribution in [2.24, 2.45) is 0 Å². The molecule has 1 aromatic heterocycles. The molecule has 25 heavy (non-hydrogen) atoms. The first-order valence-electron chi connectivity index (χ1n) is 8.17. The number of carbonyl (C=O) groups is 2. The van der Waals surface area contributed by atoms with E-state index in [0.29, 0.717) is 35.8 Å². The number of Topliss-reactive ketones (excluding diaryl/α,β-unsaturated/α-hetero) is 1. The smallest absolute Gasteiger partial charge is 0.202 e. The highest BCUT2D eigenvalue weighted by Gasteiger charge is 2.16. The number of aryl methyl sites for hydroxylation is 1. The molecule has 0 bridgehead atoms. The summed E-state index contributed by atoms with van der Waals surface area (Å²) >= 11 is 0. The van der Waals surface area contributed by atoms with Gasteiger partial charge in [-0.3, -0.25) is 9.59 Å². The van der Waals surface area contributed by atoms with E-state index in [1.165, 1.54) is 0 Å². The average molecular weight is 341 g/mol. The summed E-state index contributed by atoms with van der Waals surface area (Å²) in [6.45, 7) is 10.5. The van der Waals surface area contributed by atoms with Crippen molar-refractivity contribution in [1.29, 1.82) is 0 Å². The van der Waals surface area contributed by atoms with Crippen LogP contribution in [0.4, 0.5) is 0 Å². The van der Waals surface area contributed by atoms with Crippen molar-refractivity contribution in [3.05, 3.63) is 59.4 Å². The van der Waals surface area contributed by atoms with Gasteiger partial charge in [-0.05, 0) is 45.0 Å². The number of hydrogen-bond acceptors (Lipinski definition) is 4. The van der Waals surface area contributed by atoms with Crippen LogP contribution in [0.2, 0.25) is 0 Å². The zero-order valence-electron chi connectivity index (χ0n) is 14.9. The van der Waals surface area contributed by atoms with Crippen molar-refractivity contribution in [2.45, 2.75) is 27.3 Å². The second kappa shape index (κ2) is 8.33. The van der Waals surface area contributed by atoms with E-state index in [0.717, 1.165) is 17.7 Å². The molecule has 5 nitrogen and oxygen atoms in total. The van der Waals surface area contributed by atoms with Gasteiger partial charge in [-0.25, -0.2) is 0 Å². The Hall–Kier alpha value is -2.82. The lowest BCUT2D eigenvalue weighted by Gasteiger charge is -2.12. The van der Waals surface area contributed by atoms with Gasteiger partial charge in [0.1, 0.15) is 6.29 Å². The van der Waals surface area contributed by atoms with E-state index in [4.69, 9.17) is 9.47 Å². The molecule has 0 saturated carbocycles. The first kappa shape index (κ1) is 18.5. The highest BCUT2D eigenvalue weighted by Crippen LogP contribution is 2.28. The van der Waals surface area contributed by atoms with Crippen molar-refractivity contribution >= 4 is 12.1 Å². The van der Waals surface area contributed by atoms with Gasteiger partial charge in [0.25, 0.3) is 0 Å². The molecule has 0 atom stereocenters. The molecule has 0 N–H and O–H groups in total. The quantitative estimate of drug-likeness (QED) is 0.396. The van der Waals surface area contributed by atoms with Gasteiger partial charge < -0.3 is 14.0 Å². The van der Waals surface area contributed by atoms with E-state index in [9.17, 15) is 9.59 Å². The van der Waals surface area contributed by atoms with Crippen molar-refractivity contribution in [2.75, 3.05) is 13.2 Å². The third-order valence-corrected chi connectivity index (χ3v) is 3.95. The maximum atomic E-state index is 12.5. The van der Waals surface area contributed by atoms with Crippen LogP contribution in [-0.4, -0.2) is 29.9 Å². The Morgan fingerprint density at radius 3 is 2.60 bits per heavy atom. The lowest BCUT2D eigenvalue weighted by molar-refractivity contribution is 0.0917. The van der Waals surface area contributed by atoms with Crippen LogP contribution in [0.5, 0.6) is 11.5 Å². The molecule has 132 valence electrons. The maximum Gasteiger partial charge on any atom is 0.202 e. The van der Waals surface area contributed by atoms with Crippen LogP contribution in [0.25, 0.3) is 0 Å². The van der Waals surface area contributed by atoms with Crippen LogP contribution < -0.4 is 9.47 Å². The zero-order chi connectivity index (χ0) is 18.4. The fraction of sp³-hybridized carbons (Fsp3) is 0.300.